The highest BCUT2D eigenvalue weighted by Gasteiger charge is 2.24. The molecule has 0 bridgehead atoms. The number of hydrogen-bond acceptors (Lipinski definition) is 10. The number of imidazole rings is 1. The van der Waals surface area contributed by atoms with E-state index in [0.29, 0.717) is 50.1 Å². The Balaban J connectivity index is 1.45. The third kappa shape index (κ3) is 4.03. The van der Waals surface area contributed by atoms with Crippen LogP contribution >= 0.6 is 22.7 Å². The molecule has 5 aromatic rings. The van der Waals surface area contributed by atoms with E-state index in [1.165, 1.54) is 22.7 Å². The van der Waals surface area contributed by atoms with Crippen LogP contribution in [0.5, 0.6) is 16.7 Å². The summed E-state index contributed by atoms with van der Waals surface area (Å²) in [6.45, 7) is 3.95. The maximum atomic E-state index is 10.4. The van der Waals surface area contributed by atoms with Gasteiger partial charge in [0.2, 0.25) is 4.96 Å². The summed E-state index contributed by atoms with van der Waals surface area (Å²) < 4.78 is 24.4. The van der Waals surface area contributed by atoms with Gasteiger partial charge in [0.05, 0.1) is 31.5 Å². The first-order chi connectivity index (χ1) is 15.9. The van der Waals surface area contributed by atoms with Crippen molar-refractivity contribution in [3.8, 4) is 28.1 Å². The molecule has 0 spiro atoms. The fourth-order valence-corrected chi connectivity index (χ4v) is 4.89. The first-order valence-corrected chi connectivity index (χ1v) is 11.9. The van der Waals surface area contributed by atoms with Crippen molar-refractivity contribution in [2.75, 3.05) is 14.2 Å². The highest BCUT2D eigenvalue weighted by Crippen LogP contribution is 2.38. The molecule has 11 heteroatoms. The lowest BCUT2D eigenvalue weighted by atomic mass is 10.1. The Morgan fingerprint density at radius 1 is 1.18 bits per heavy atom. The van der Waals surface area contributed by atoms with E-state index in [0.717, 1.165) is 11.1 Å². The summed E-state index contributed by atoms with van der Waals surface area (Å²) >= 11 is 2.77. The Morgan fingerprint density at radius 3 is 2.76 bits per heavy atom. The summed E-state index contributed by atoms with van der Waals surface area (Å²) in [5, 5.41) is 18.7. The Bertz CT molecular complexity index is 1400. The number of furan rings is 1. The lowest BCUT2D eigenvalue weighted by Crippen LogP contribution is -2.19. The van der Waals surface area contributed by atoms with Crippen LogP contribution in [-0.4, -0.2) is 38.9 Å². The smallest absolute Gasteiger partial charge is 0.294 e. The zero-order chi connectivity index (χ0) is 23.2. The van der Waals surface area contributed by atoms with Crippen LogP contribution in [0, 0.1) is 0 Å². The van der Waals surface area contributed by atoms with Crippen LogP contribution in [0.4, 0.5) is 0 Å². The molecule has 9 nitrogen and oxygen atoms in total. The largest absolute Gasteiger partial charge is 0.496 e. The van der Waals surface area contributed by atoms with E-state index in [9.17, 15) is 5.11 Å². The third-order valence-corrected chi connectivity index (χ3v) is 7.36. The van der Waals surface area contributed by atoms with E-state index in [2.05, 4.69) is 15.1 Å². The molecule has 33 heavy (non-hydrogen) atoms. The monoisotopic (exact) mass is 486 g/mol. The van der Waals surface area contributed by atoms with Crippen LogP contribution < -0.4 is 14.2 Å². The number of ether oxygens (including phenoxy) is 3. The Morgan fingerprint density at radius 2 is 2.03 bits per heavy atom. The summed E-state index contributed by atoms with van der Waals surface area (Å²) in [5.41, 5.74) is 1.08. The molecule has 1 N–H and O–H groups in total. The molecule has 0 amide bonds. The summed E-state index contributed by atoms with van der Waals surface area (Å²) in [4.78, 5) is 9.83. The molecule has 4 aromatic heterocycles. The van der Waals surface area contributed by atoms with Crippen molar-refractivity contribution in [2.24, 2.45) is 0 Å². The topological polar surface area (TPSA) is 104 Å². The molecule has 0 saturated carbocycles. The SMILES string of the molecule is CCC(C)(O)c1nc(COc2cc(OC)cc3oc(-c4cn5nc(OC)sc5n4)cc23)cs1. The van der Waals surface area contributed by atoms with Gasteiger partial charge in [-0.3, -0.25) is 0 Å². The predicted molar refractivity (Wildman–Crippen MR) is 125 cm³/mol. The van der Waals surface area contributed by atoms with Crippen molar-refractivity contribution in [3.63, 3.8) is 0 Å². The standard InChI is InChI=1S/C22H22N4O5S2/c1-5-22(2,27)19-23-12(11-32-19)10-30-16-6-13(28-3)7-17-14(16)8-18(31-17)15-9-26-20(24-15)33-21(25-26)29-4/h6-9,11,27H,5,10H2,1-4H3. The number of nitrogens with zero attached hydrogens (tertiary/aromatic N) is 4. The second-order valence-corrected chi connectivity index (χ2v) is 9.41. The van der Waals surface area contributed by atoms with Crippen LogP contribution in [0.1, 0.15) is 31.0 Å². The zero-order valence-corrected chi connectivity index (χ0v) is 20.1. The lowest BCUT2D eigenvalue weighted by Gasteiger charge is -2.17. The van der Waals surface area contributed by atoms with Crippen LogP contribution in [0.2, 0.25) is 0 Å². The average molecular weight is 487 g/mol. The van der Waals surface area contributed by atoms with E-state index in [-0.39, 0.29) is 6.61 Å². The summed E-state index contributed by atoms with van der Waals surface area (Å²) in [6.07, 6.45) is 2.38. The van der Waals surface area contributed by atoms with Crippen LogP contribution in [0.3, 0.4) is 0 Å². The highest BCUT2D eigenvalue weighted by molar-refractivity contribution is 7.18. The maximum absolute atomic E-state index is 10.4. The summed E-state index contributed by atoms with van der Waals surface area (Å²) in [6, 6.07) is 5.52. The average Bonchev–Trinajstić information content (AvgIpc) is 3.58. The highest BCUT2D eigenvalue weighted by atomic mass is 32.1. The van der Waals surface area contributed by atoms with Crippen molar-refractivity contribution < 1.29 is 23.7 Å². The van der Waals surface area contributed by atoms with Gasteiger partial charge in [0, 0.05) is 17.5 Å². The van der Waals surface area contributed by atoms with Gasteiger partial charge >= 0.3 is 0 Å². The van der Waals surface area contributed by atoms with Gasteiger partial charge in [0.25, 0.3) is 5.19 Å². The molecule has 5 rings (SSSR count). The first-order valence-electron chi connectivity index (χ1n) is 10.2. The number of thiazole rings is 1. The number of fused-ring (bicyclic) bond motifs is 2. The van der Waals surface area contributed by atoms with E-state index < -0.39 is 5.60 Å². The summed E-state index contributed by atoms with van der Waals surface area (Å²) in [7, 11) is 3.17. The molecule has 1 unspecified atom stereocenters. The van der Waals surface area contributed by atoms with Gasteiger partial charge in [0.15, 0.2) is 5.76 Å². The van der Waals surface area contributed by atoms with E-state index in [1.54, 1.807) is 31.9 Å². The molecule has 1 aromatic carbocycles. The van der Waals surface area contributed by atoms with Crippen molar-refractivity contribution in [1.82, 2.24) is 19.6 Å². The molecule has 4 heterocycles. The Labute approximate surface area is 197 Å². The molecule has 0 aliphatic rings. The van der Waals surface area contributed by atoms with Crippen LogP contribution in [0.25, 0.3) is 27.4 Å². The fraction of sp³-hybridized carbons (Fsp3) is 0.318. The van der Waals surface area contributed by atoms with Crippen LogP contribution in [0.15, 0.2) is 34.2 Å². The summed E-state index contributed by atoms with van der Waals surface area (Å²) in [5.74, 6) is 1.81. The van der Waals surface area contributed by atoms with Gasteiger partial charge in [-0.15, -0.1) is 16.4 Å². The number of rotatable bonds is 8. The van der Waals surface area contributed by atoms with Crippen molar-refractivity contribution in [2.45, 2.75) is 32.5 Å². The predicted octanol–water partition coefficient (Wildman–Crippen LogP) is 4.87. The molecule has 0 aliphatic carbocycles. The van der Waals surface area contributed by atoms with Gasteiger partial charge in [-0.05, 0) is 30.7 Å². The normalized spacial score (nSPS) is 13.5. The number of aromatic nitrogens is 4. The third-order valence-electron chi connectivity index (χ3n) is 5.34. The van der Waals surface area contributed by atoms with Crippen molar-refractivity contribution in [3.05, 3.63) is 40.5 Å². The second kappa shape index (κ2) is 8.32. The Kier molecular flexibility index (Phi) is 5.47. The molecular weight excluding hydrogens is 464 g/mol. The van der Waals surface area contributed by atoms with Gasteiger partial charge in [-0.1, -0.05) is 6.92 Å². The molecular formula is C22H22N4O5S2. The maximum Gasteiger partial charge on any atom is 0.294 e. The van der Waals surface area contributed by atoms with Gasteiger partial charge in [-0.25, -0.2) is 14.5 Å². The van der Waals surface area contributed by atoms with Crippen molar-refractivity contribution in [1.29, 1.82) is 0 Å². The second-order valence-electron chi connectivity index (χ2n) is 7.63. The number of methoxy groups -OCH3 is 2. The fourth-order valence-electron chi connectivity index (χ4n) is 3.25. The van der Waals surface area contributed by atoms with E-state index in [4.69, 9.17) is 18.6 Å². The number of hydrogen-bond donors (Lipinski definition) is 1. The molecule has 0 radical (unpaired) electrons. The zero-order valence-electron chi connectivity index (χ0n) is 18.5. The minimum atomic E-state index is -0.942. The van der Waals surface area contributed by atoms with Crippen LogP contribution in [-0.2, 0) is 12.2 Å². The van der Waals surface area contributed by atoms with Crippen molar-refractivity contribution >= 4 is 38.6 Å². The first kappa shape index (κ1) is 21.7. The quantitative estimate of drug-likeness (QED) is 0.331. The number of benzene rings is 1. The van der Waals surface area contributed by atoms with Gasteiger partial charge < -0.3 is 23.7 Å². The molecule has 0 aliphatic heterocycles. The lowest BCUT2D eigenvalue weighted by molar-refractivity contribution is 0.0525. The van der Waals surface area contributed by atoms with Gasteiger partial charge in [-0.2, -0.15) is 0 Å². The molecule has 1 atom stereocenters. The minimum Gasteiger partial charge on any atom is -0.496 e. The minimum absolute atomic E-state index is 0.253. The molecule has 0 saturated heterocycles. The molecule has 0 fully saturated rings. The molecule has 172 valence electrons. The van der Waals surface area contributed by atoms with Gasteiger partial charge in [0.1, 0.15) is 40.0 Å². The van der Waals surface area contributed by atoms with E-state index in [1.807, 2.05) is 30.5 Å². The Hall–Kier alpha value is -3.15. The van der Waals surface area contributed by atoms with E-state index >= 15 is 0 Å². The number of aliphatic hydroxyl groups is 1.